The molecule has 5 aliphatic rings. The van der Waals surface area contributed by atoms with Gasteiger partial charge in [0.2, 0.25) is 0 Å². The van der Waals surface area contributed by atoms with Gasteiger partial charge in [-0.05, 0) is 63.0 Å². The van der Waals surface area contributed by atoms with Crippen LogP contribution in [-0.2, 0) is 4.79 Å². The second kappa shape index (κ2) is 9.60. The molecule has 32 heavy (non-hydrogen) atoms. The molecule has 7 nitrogen and oxygen atoms in total. The van der Waals surface area contributed by atoms with Gasteiger partial charge in [0.15, 0.2) is 0 Å². The molecule has 3 saturated carbocycles. The molecule has 0 aromatic carbocycles. The van der Waals surface area contributed by atoms with Crippen molar-refractivity contribution < 1.29 is 14.3 Å². The van der Waals surface area contributed by atoms with E-state index in [9.17, 15) is 15.3 Å². The first-order chi connectivity index (χ1) is 15.2. The van der Waals surface area contributed by atoms with E-state index in [2.05, 4.69) is 36.2 Å². The molecule has 3 N–H and O–H groups in total. The minimum atomic E-state index is -0.772. The molecule has 0 aromatic rings. The zero-order chi connectivity index (χ0) is 23.6. The molecule has 1 heterocycles. The fourth-order valence-electron chi connectivity index (χ4n) is 5.32. The molecule has 176 valence electrons. The molecular formula is C24H38N5O2S+. The third-order valence-corrected chi connectivity index (χ3v) is 7.95. The summed E-state index contributed by atoms with van der Waals surface area (Å²) in [6.07, 6.45) is 10.7. The summed E-state index contributed by atoms with van der Waals surface area (Å²) in [7, 11) is 0. The van der Waals surface area contributed by atoms with E-state index >= 15 is 0 Å². The molecular weight excluding hydrogens is 422 g/mol. The van der Waals surface area contributed by atoms with Crippen LogP contribution in [0.4, 0.5) is 0 Å². The van der Waals surface area contributed by atoms with Crippen molar-refractivity contribution in [2.75, 3.05) is 13.1 Å². The van der Waals surface area contributed by atoms with Gasteiger partial charge < -0.3 is 5.32 Å². The Bertz CT molecular complexity index is 826. The van der Waals surface area contributed by atoms with E-state index in [0.29, 0.717) is 11.3 Å². The second-order valence-electron chi connectivity index (χ2n) is 9.42. The van der Waals surface area contributed by atoms with E-state index < -0.39 is 4.27 Å². The summed E-state index contributed by atoms with van der Waals surface area (Å²) in [4.78, 5) is 13.5. The lowest BCUT2D eigenvalue weighted by atomic mass is 9.58. The molecule has 4 aliphatic carbocycles. The largest absolute Gasteiger partial charge is 0.347 e. The lowest BCUT2D eigenvalue weighted by Gasteiger charge is -2.50. The number of rotatable bonds is 5. The Hall–Kier alpha value is -1.79. The van der Waals surface area contributed by atoms with Crippen molar-refractivity contribution in [3.63, 3.8) is 0 Å². The monoisotopic (exact) mass is 460 g/mol. The third kappa shape index (κ3) is 4.76. The van der Waals surface area contributed by atoms with Crippen molar-refractivity contribution in [2.45, 2.75) is 77.7 Å². The molecule has 2 bridgehead atoms. The van der Waals surface area contributed by atoms with Crippen LogP contribution in [0, 0.1) is 22.7 Å². The summed E-state index contributed by atoms with van der Waals surface area (Å²) in [5.74, 6) is -0.303. The van der Waals surface area contributed by atoms with Gasteiger partial charge in [-0.3, -0.25) is 4.79 Å². The lowest BCUT2D eigenvalue weighted by molar-refractivity contribution is -1.11. The van der Waals surface area contributed by atoms with Crippen molar-refractivity contribution in [1.29, 1.82) is 5.26 Å². The number of hydrogen-bond donors (Lipinski definition) is 4. The van der Waals surface area contributed by atoms with Crippen molar-refractivity contribution in [3.05, 3.63) is 35.6 Å². The van der Waals surface area contributed by atoms with Crippen LogP contribution in [0.3, 0.4) is 0 Å². The highest BCUT2D eigenvalue weighted by Crippen LogP contribution is 2.52. The van der Waals surface area contributed by atoms with E-state index in [1.54, 1.807) is 6.08 Å². The molecule has 5 rings (SSSR count). The molecule has 8 heteroatoms. The van der Waals surface area contributed by atoms with E-state index in [1.807, 2.05) is 31.9 Å². The van der Waals surface area contributed by atoms with Crippen LogP contribution in [0.5, 0.6) is 0 Å². The van der Waals surface area contributed by atoms with Gasteiger partial charge in [0.25, 0.3) is 5.91 Å². The zero-order valence-electron chi connectivity index (χ0n) is 19.7. The number of hydrogen-bond acceptors (Lipinski definition) is 6. The van der Waals surface area contributed by atoms with Gasteiger partial charge >= 0.3 is 0 Å². The van der Waals surface area contributed by atoms with E-state index in [1.165, 1.54) is 0 Å². The summed E-state index contributed by atoms with van der Waals surface area (Å²) >= 11 is 4.40. The Balaban J connectivity index is 0.00000141. The van der Waals surface area contributed by atoms with Crippen molar-refractivity contribution in [2.24, 2.45) is 11.3 Å². The molecule has 1 amide bonds. The molecule has 0 radical (unpaired) electrons. The SMILES string of the molecule is C=C1C=CC(N[N+](O)(S)N2CCCC2)=C(C(=O)NC23CCC(C#N)(CC2)CC3)C1C.CC. The van der Waals surface area contributed by atoms with Gasteiger partial charge in [0.1, 0.15) is 18.5 Å². The number of nitriles is 1. The topological polar surface area (TPSA) is 88.4 Å². The summed E-state index contributed by atoms with van der Waals surface area (Å²) in [6, 6.07) is 2.52. The predicted octanol–water partition coefficient (Wildman–Crippen LogP) is 4.33. The third-order valence-electron chi connectivity index (χ3n) is 7.60. The molecule has 0 aromatic heterocycles. The van der Waals surface area contributed by atoms with Gasteiger partial charge in [0.05, 0.1) is 30.1 Å². The maximum absolute atomic E-state index is 13.5. The number of carbonyl (C=O) groups is 1. The first-order valence-electron chi connectivity index (χ1n) is 11.9. The number of nitrogens with one attached hydrogen (secondary N) is 2. The lowest BCUT2D eigenvalue weighted by Crippen LogP contribution is -2.59. The number of carbonyl (C=O) groups excluding carboxylic acids is 1. The Kier molecular flexibility index (Phi) is 7.45. The standard InChI is InChI=1S/C22H31N5O2S.C2H6/c1-16-5-6-18(25-27(29,30)26-13-3-4-14-26)19(17(16)2)20(28)24-22-10-7-21(15-23,8-11-22)9-12-22;1-2/h5-6,17,29-30H,1,3-4,7-14H2,2H3,(H-,24,25,28);1-2H3/p+1. The highest BCUT2D eigenvalue weighted by molar-refractivity contribution is 7.73. The molecule has 1 saturated heterocycles. The number of nitrogens with zero attached hydrogens (tertiary/aromatic N) is 3. The van der Waals surface area contributed by atoms with Gasteiger partial charge in [-0.15, -0.1) is 0 Å². The van der Waals surface area contributed by atoms with Gasteiger partial charge in [0, 0.05) is 15.7 Å². The second-order valence-corrected chi connectivity index (χ2v) is 9.98. The quantitative estimate of drug-likeness (QED) is 0.279. The van der Waals surface area contributed by atoms with Crippen LogP contribution in [0.1, 0.15) is 72.1 Å². The number of thiol groups is 1. The maximum Gasteiger partial charge on any atom is 0.250 e. The maximum atomic E-state index is 13.5. The van der Waals surface area contributed by atoms with Gasteiger partial charge in [-0.1, -0.05) is 38.4 Å². The van der Waals surface area contributed by atoms with Crippen LogP contribution in [0.15, 0.2) is 35.6 Å². The molecule has 2 atom stereocenters. The summed E-state index contributed by atoms with van der Waals surface area (Å²) in [6.45, 7) is 11.5. The minimum absolute atomic E-state index is 0.128. The molecule has 2 unspecified atom stereocenters. The Labute approximate surface area is 197 Å². The van der Waals surface area contributed by atoms with Crippen LogP contribution >= 0.6 is 12.8 Å². The normalized spacial score (nSPS) is 33.8. The zero-order valence-corrected chi connectivity index (χ0v) is 20.5. The van der Waals surface area contributed by atoms with Crippen molar-refractivity contribution in [1.82, 2.24) is 15.8 Å². The number of allylic oxidation sites excluding steroid dienone is 3. The fraction of sp³-hybridized carbons (Fsp3) is 0.667. The molecule has 0 spiro atoms. The summed E-state index contributed by atoms with van der Waals surface area (Å²) in [5, 5.41) is 25.5. The Morgan fingerprint density at radius 1 is 1.22 bits per heavy atom. The van der Waals surface area contributed by atoms with E-state index in [4.69, 9.17) is 0 Å². The minimum Gasteiger partial charge on any atom is -0.347 e. The van der Waals surface area contributed by atoms with E-state index in [0.717, 1.165) is 70.0 Å². The average Bonchev–Trinajstić information content (AvgIpc) is 3.35. The first-order valence-corrected chi connectivity index (χ1v) is 12.3. The summed E-state index contributed by atoms with van der Waals surface area (Å²) < 4.78 is -0.772. The predicted molar refractivity (Wildman–Crippen MR) is 127 cm³/mol. The van der Waals surface area contributed by atoms with Crippen molar-refractivity contribution in [3.8, 4) is 6.07 Å². The Morgan fingerprint density at radius 2 is 1.78 bits per heavy atom. The van der Waals surface area contributed by atoms with Gasteiger partial charge in [-0.2, -0.15) is 15.9 Å². The smallest absolute Gasteiger partial charge is 0.250 e. The highest BCUT2D eigenvalue weighted by atomic mass is 32.1. The molecule has 1 aliphatic heterocycles. The average molecular weight is 461 g/mol. The fourth-order valence-corrected chi connectivity index (χ4v) is 5.61. The van der Waals surface area contributed by atoms with E-state index in [-0.39, 0.29) is 22.8 Å². The number of amides is 1. The number of fused-ring (bicyclic) bond motifs is 3. The van der Waals surface area contributed by atoms with Crippen LogP contribution in [-0.4, -0.2) is 39.0 Å². The molecule has 4 fully saturated rings. The van der Waals surface area contributed by atoms with Crippen LogP contribution < -0.4 is 10.7 Å². The van der Waals surface area contributed by atoms with Crippen LogP contribution in [0.2, 0.25) is 0 Å². The first kappa shape index (κ1) is 24.8. The van der Waals surface area contributed by atoms with Gasteiger partial charge in [-0.25, -0.2) is 0 Å². The summed E-state index contributed by atoms with van der Waals surface area (Å²) in [5.41, 5.74) is 4.60. The van der Waals surface area contributed by atoms with Crippen LogP contribution in [0.25, 0.3) is 0 Å². The van der Waals surface area contributed by atoms with Crippen molar-refractivity contribution >= 4 is 18.7 Å². The highest BCUT2D eigenvalue weighted by Gasteiger charge is 2.50. The number of quaternary nitrogens is 1. The Morgan fingerprint density at radius 3 is 2.31 bits per heavy atom.